The van der Waals surface area contributed by atoms with Crippen LogP contribution in [-0.2, 0) is 14.3 Å². The number of hydrogen-bond donors (Lipinski definition) is 1. The zero-order valence-electron chi connectivity index (χ0n) is 17.3. The maximum atomic E-state index is 13.5. The van der Waals surface area contributed by atoms with Crippen LogP contribution in [0.4, 0.5) is 5.69 Å². The fraction of sp³-hybridized carbons (Fsp3) is 0.292. The zero-order chi connectivity index (χ0) is 22.0. The van der Waals surface area contributed by atoms with Crippen molar-refractivity contribution >= 4 is 23.4 Å². The maximum absolute atomic E-state index is 13.5. The number of para-hydroxylation sites is 1. The van der Waals surface area contributed by atoms with Gasteiger partial charge in [0.1, 0.15) is 5.75 Å². The van der Waals surface area contributed by atoms with E-state index in [0.717, 1.165) is 5.56 Å². The van der Waals surface area contributed by atoms with E-state index in [9.17, 15) is 9.59 Å². The fourth-order valence-corrected chi connectivity index (χ4v) is 4.03. The van der Waals surface area contributed by atoms with Crippen LogP contribution >= 0.6 is 0 Å². The lowest BCUT2D eigenvalue weighted by molar-refractivity contribution is -0.131. The second kappa shape index (κ2) is 8.35. The third-order valence-electron chi connectivity index (χ3n) is 5.44. The van der Waals surface area contributed by atoms with Gasteiger partial charge in [-0.3, -0.25) is 9.59 Å². The summed E-state index contributed by atoms with van der Waals surface area (Å²) in [4.78, 5) is 31.8. The highest BCUT2D eigenvalue weighted by Crippen LogP contribution is 2.50. The molecule has 0 radical (unpaired) electrons. The van der Waals surface area contributed by atoms with Crippen LogP contribution in [0.5, 0.6) is 5.75 Å². The van der Waals surface area contributed by atoms with Gasteiger partial charge in [0.05, 0.1) is 12.3 Å². The molecule has 0 spiro atoms. The molecule has 2 aliphatic heterocycles. The third kappa shape index (κ3) is 3.51. The maximum Gasteiger partial charge on any atom is 0.266 e. The molecule has 2 aliphatic rings. The number of benzene rings is 2. The van der Waals surface area contributed by atoms with E-state index in [4.69, 9.17) is 19.6 Å². The van der Waals surface area contributed by atoms with Crippen LogP contribution in [0.3, 0.4) is 0 Å². The highest BCUT2D eigenvalue weighted by Gasteiger charge is 2.58. The number of rotatable bonds is 7. The summed E-state index contributed by atoms with van der Waals surface area (Å²) in [5.41, 5.74) is 0.676. The molecule has 0 fully saturated rings. The molecule has 0 unspecified atom stereocenters. The Morgan fingerprint density at radius 1 is 1.29 bits per heavy atom. The molecule has 2 aromatic rings. The molecule has 0 aromatic heterocycles. The van der Waals surface area contributed by atoms with Crippen molar-refractivity contribution in [3.8, 4) is 5.75 Å². The van der Waals surface area contributed by atoms with Gasteiger partial charge in [-0.15, -0.1) is 6.58 Å². The van der Waals surface area contributed by atoms with Crippen molar-refractivity contribution in [1.29, 1.82) is 0 Å². The number of carbonyl (C=O) groups excluding carboxylic acids is 2. The predicted octanol–water partition coefficient (Wildman–Crippen LogP) is 3.17. The topological polar surface area (TPSA) is 88.4 Å². The molecule has 0 saturated carbocycles. The van der Waals surface area contributed by atoms with Crippen molar-refractivity contribution in [2.45, 2.75) is 31.4 Å². The van der Waals surface area contributed by atoms with Crippen molar-refractivity contribution in [2.75, 3.05) is 18.1 Å². The van der Waals surface area contributed by atoms with Crippen LogP contribution in [0.25, 0.3) is 0 Å². The molecule has 2 aromatic carbocycles. The lowest BCUT2D eigenvalue weighted by Crippen LogP contribution is -2.55. The lowest BCUT2D eigenvalue weighted by atomic mass is 9.80. The Hall–Kier alpha value is -3.45. The minimum Gasteiger partial charge on any atom is -0.494 e. The molecule has 7 heteroatoms. The molecule has 4 rings (SSSR count). The number of anilines is 1. The van der Waals surface area contributed by atoms with Gasteiger partial charge in [0.15, 0.2) is 11.6 Å². The molecule has 1 N–H and O–H groups in total. The minimum absolute atomic E-state index is 0.0717. The normalized spacial score (nSPS) is 21.6. The molecule has 2 atom stereocenters. The SMILES string of the molecule is C=CC[C@@]12N=C(c3ccc(OCCCO)cc3)O[C@@H]1c1ccccc1N(C(C)=O)C2=O. The molecule has 2 heterocycles. The number of hydrogen-bond acceptors (Lipinski definition) is 6. The molecule has 7 nitrogen and oxygen atoms in total. The number of carbonyl (C=O) groups is 2. The highest BCUT2D eigenvalue weighted by molar-refractivity contribution is 6.21. The Morgan fingerprint density at radius 3 is 2.71 bits per heavy atom. The fourth-order valence-electron chi connectivity index (χ4n) is 4.03. The highest BCUT2D eigenvalue weighted by atomic mass is 16.5. The average Bonchev–Trinajstić information content (AvgIpc) is 3.16. The van der Waals surface area contributed by atoms with E-state index >= 15 is 0 Å². The van der Waals surface area contributed by atoms with E-state index in [-0.39, 0.29) is 18.9 Å². The first-order valence-electron chi connectivity index (χ1n) is 10.2. The van der Waals surface area contributed by atoms with Crippen molar-refractivity contribution in [3.05, 3.63) is 72.3 Å². The largest absolute Gasteiger partial charge is 0.494 e. The van der Waals surface area contributed by atoms with Gasteiger partial charge in [0.25, 0.3) is 5.91 Å². The van der Waals surface area contributed by atoms with Gasteiger partial charge < -0.3 is 14.6 Å². The number of aliphatic hydroxyl groups is 1. The van der Waals surface area contributed by atoms with Gasteiger partial charge in [-0.2, -0.15) is 0 Å². The second-order valence-electron chi connectivity index (χ2n) is 7.50. The van der Waals surface area contributed by atoms with Crippen LogP contribution in [0.15, 0.2) is 66.2 Å². The van der Waals surface area contributed by atoms with Crippen LogP contribution < -0.4 is 9.64 Å². The molecule has 31 heavy (non-hydrogen) atoms. The third-order valence-corrected chi connectivity index (χ3v) is 5.44. The van der Waals surface area contributed by atoms with E-state index in [1.807, 2.05) is 24.3 Å². The standard InChI is InChI=1S/C24H24N2O5/c1-3-13-24-21(19-7-4-5-8-20(19)26(16(2)28)23(24)29)31-22(25-24)17-9-11-18(12-10-17)30-15-6-14-27/h3-5,7-12,21,27H,1,6,13-15H2,2H3/t21-,24-/m1/s1. The summed E-state index contributed by atoms with van der Waals surface area (Å²) >= 11 is 0. The van der Waals surface area contributed by atoms with E-state index in [0.29, 0.717) is 35.9 Å². The zero-order valence-corrected chi connectivity index (χ0v) is 17.3. The predicted molar refractivity (Wildman–Crippen MR) is 116 cm³/mol. The van der Waals surface area contributed by atoms with Gasteiger partial charge in [0, 0.05) is 37.5 Å². The van der Waals surface area contributed by atoms with E-state index in [2.05, 4.69) is 6.58 Å². The molecule has 160 valence electrons. The Balaban J connectivity index is 1.73. The number of aliphatic hydroxyl groups excluding tert-OH is 1. The molecule has 0 bridgehead atoms. The summed E-state index contributed by atoms with van der Waals surface area (Å²) in [7, 11) is 0. The van der Waals surface area contributed by atoms with Crippen molar-refractivity contribution in [1.82, 2.24) is 0 Å². The van der Waals surface area contributed by atoms with Gasteiger partial charge in [-0.25, -0.2) is 9.89 Å². The Morgan fingerprint density at radius 2 is 2.03 bits per heavy atom. The van der Waals surface area contributed by atoms with Gasteiger partial charge >= 0.3 is 0 Å². The number of imide groups is 1. The molecular weight excluding hydrogens is 396 g/mol. The van der Waals surface area contributed by atoms with Gasteiger partial charge in [-0.05, 0) is 30.3 Å². The average molecular weight is 420 g/mol. The lowest BCUT2D eigenvalue weighted by Gasteiger charge is -2.39. The van der Waals surface area contributed by atoms with Crippen molar-refractivity contribution < 1.29 is 24.2 Å². The Bertz CT molecular complexity index is 1050. The summed E-state index contributed by atoms with van der Waals surface area (Å²) in [6, 6.07) is 14.4. The number of aliphatic imine (C=N–C) groups is 1. The minimum atomic E-state index is -1.28. The van der Waals surface area contributed by atoms with Crippen LogP contribution in [0.1, 0.15) is 37.0 Å². The smallest absolute Gasteiger partial charge is 0.266 e. The van der Waals surface area contributed by atoms with Gasteiger partial charge in [0.2, 0.25) is 11.8 Å². The molecule has 0 saturated heterocycles. The first kappa shape index (κ1) is 20.8. The van der Waals surface area contributed by atoms with E-state index < -0.39 is 17.6 Å². The Kier molecular flexibility index (Phi) is 5.61. The summed E-state index contributed by atoms with van der Waals surface area (Å²) < 4.78 is 11.8. The van der Waals surface area contributed by atoms with E-state index in [1.54, 1.807) is 30.3 Å². The Labute approximate surface area is 180 Å². The summed E-state index contributed by atoms with van der Waals surface area (Å²) in [6.07, 6.45) is 1.77. The summed E-state index contributed by atoms with van der Waals surface area (Å²) in [5, 5.41) is 8.87. The van der Waals surface area contributed by atoms with Gasteiger partial charge in [-0.1, -0.05) is 24.3 Å². The second-order valence-corrected chi connectivity index (χ2v) is 7.50. The summed E-state index contributed by atoms with van der Waals surface area (Å²) in [6.45, 7) is 5.66. The number of ether oxygens (including phenoxy) is 2. The quantitative estimate of drug-likeness (QED) is 0.549. The first-order valence-corrected chi connectivity index (χ1v) is 10.2. The van der Waals surface area contributed by atoms with Crippen molar-refractivity contribution in [3.63, 3.8) is 0 Å². The molecule has 0 aliphatic carbocycles. The van der Waals surface area contributed by atoms with Crippen LogP contribution in [0, 0.1) is 0 Å². The molecular formula is C24H24N2O5. The van der Waals surface area contributed by atoms with E-state index in [1.165, 1.54) is 11.8 Å². The number of nitrogens with zero attached hydrogens (tertiary/aromatic N) is 2. The molecule has 2 amide bonds. The first-order chi connectivity index (χ1) is 15.0. The summed E-state index contributed by atoms with van der Waals surface area (Å²) in [5.74, 6) is 0.218. The monoisotopic (exact) mass is 420 g/mol. The van der Waals surface area contributed by atoms with Crippen LogP contribution in [-0.4, -0.2) is 41.6 Å². The van der Waals surface area contributed by atoms with Crippen molar-refractivity contribution in [2.24, 2.45) is 4.99 Å². The number of amides is 2. The van der Waals surface area contributed by atoms with Crippen LogP contribution in [0.2, 0.25) is 0 Å². The number of fused-ring (bicyclic) bond motifs is 3.